The lowest BCUT2D eigenvalue weighted by Crippen LogP contribution is -2.41. The van der Waals surface area contributed by atoms with E-state index in [-0.39, 0.29) is 0 Å². The van der Waals surface area contributed by atoms with Crippen LogP contribution in [0.15, 0.2) is 42.7 Å². The van der Waals surface area contributed by atoms with Crippen molar-refractivity contribution >= 4 is 5.69 Å². The van der Waals surface area contributed by atoms with Crippen LogP contribution < -0.4 is 5.32 Å². The van der Waals surface area contributed by atoms with Crippen molar-refractivity contribution in [3.8, 4) is 5.69 Å². The second kappa shape index (κ2) is 5.53. The number of anilines is 1. The van der Waals surface area contributed by atoms with Gasteiger partial charge in [-0.3, -0.25) is 4.90 Å². The van der Waals surface area contributed by atoms with E-state index in [1.807, 2.05) is 23.1 Å². The largest absolute Gasteiger partial charge is 0.381 e. The average molecular weight is 282 g/mol. The van der Waals surface area contributed by atoms with Crippen molar-refractivity contribution in [2.75, 3.05) is 18.4 Å². The average Bonchev–Trinajstić information content (AvgIpc) is 3.18. The highest BCUT2D eigenvalue weighted by Gasteiger charge is 2.35. The summed E-state index contributed by atoms with van der Waals surface area (Å²) in [6, 6.07) is 11.8. The summed E-state index contributed by atoms with van der Waals surface area (Å²) in [5.74, 6) is 0. The fraction of sp³-hybridized carbons (Fsp3) is 0.471. The smallest absolute Gasteiger partial charge is 0.0666 e. The van der Waals surface area contributed by atoms with E-state index in [0.29, 0.717) is 6.04 Å². The number of nitrogens with one attached hydrogen (secondary N) is 1. The highest BCUT2D eigenvalue weighted by Crippen LogP contribution is 2.29. The predicted octanol–water partition coefficient (Wildman–Crippen LogP) is 2.91. The first-order valence-corrected chi connectivity index (χ1v) is 8.01. The molecule has 0 bridgehead atoms. The molecule has 1 aromatic carbocycles. The Kier molecular flexibility index (Phi) is 3.39. The van der Waals surface area contributed by atoms with Crippen molar-refractivity contribution in [3.05, 3.63) is 42.7 Å². The Morgan fingerprint density at radius 2 is 2.10 bits per heavy atom. The molecule has 0 radical (unpaired) electrons. The molecule has 0 saturated carbocycles. The molecular weight excluding hydrogens is 260 g/mol. The SMILES string of the molecule is c1cc(NC2CCN3CCCCC23)cc(-n2cccn2)c1. The summed E-state index contributed by atoms with van der Waals surface area (Å²) in [6.07, 6.45) is 9.16. The molecule has 4 heteroatoms. The topological polar surface area (TPSA) is 33.1 Å². The minimum Gasteiger partial charge on any atom is -0.381 e. The van der Waals surface area contributed by atoms with Crippen LogP contribution in [0, 0.1) is 0 Å². The van der Waals surface area contributed by atoms with Gasteiger partial charge in [0.15, 0.2) is 0 Å². The summed E-state index contributed by atoms with van der Waals surface area (Å²) in [7, 11) is 0. The van der Waals surface area contributed by atoms with Crippen molar-refractivity contribution in [1.29, 1.82) is 0 Å². The summed E-state index contributed by atoms with van der Waals surface area (Å²) in [5, 5.41) is 8.07. The van der Waals surface area contributed by atoms with Crippen LogP contribution in [0.4, 0.5) is 5.69 Å². The van der Waals surface area contributed by atoms with Crippen molar-refractivity contribution in [1.82, 2.24) is 14.7 Å². The Morgan fingerprint density at radius 3 is 3.00 bits per heavy atom. The van der Waals surface area contributed by atoms with Gasteiger partial charge in [0.25, 0.3) is 0 Å². The van der Waals surface area contributed by atoms with Gasteiger partial charge in [-0.1, -0.05) is 12.5 Å². The lowest BCUT2D eigenvalue weighted by Gasteiger charge is -2.33. The van der Waals surface area contributed by atoms with Gasteiger partial charge in [-0.05, 0) is 50.1 Å². The zero-order valence-electron chi connectivity index (χ0n) is 12.3. The molecule has 2 saturated heterocycles. The zero-order valence-corrected chi connectivity index (χ0v) is 12.3. The van der Waals surface area contributed by atoms with Crippen LogP contribution in [-0.4, -0.2) is 39.9 Å². The molecule has 4 rings (SSSR count). The van der Waals surface area contributed by atoms with E-state index in [9.17, 15) is 0 Å². The first-order valence-electron chi connectivity index (χ1n) is 8.01. The van der Waals surface area contributed by atoms with Gasteiger partial charge >= 0.3 is 0 Å². The molecule has 1 N–H and O–H groups in total. The third-order valence-electron chi connectivity index (χ3n) is 4.82. The Hall–Kier alpha value is -1.81. The van der Waals surface area contributed by atoms with E-state index in [1.54, 1.807) is 0 Å². The van der Waals surface area contributed by atoms with Gasteiger partial charge in [-0.15, -0.1) is 0 Å². The fourth-order valence-electron chi connectivity index (χ4n) is 3.79. The Labute approximate surface area is 125 Å². The van der Waals surface area contributed by atoms with Crippen LogP contribution in [0.2, 0.25) is 0 Å². The highest BCUT2D eigenvalue weighted by molar-refractivity contribution is 5.51. The van der Waals surface area contributed by atoms with Gasteiger partial charge in [0.05, 0.1) is 5.69 Å². The molecule has 2 aliphatic heterocycles. The molecule has 0 spiro atoms. The number of benzene rings is 1. The zero-order chi connectivity index (χ0) is 14.1. The molecule has 0 amide bonds. The third kappa shape index (κ3) is 2.56. The Morgan fingerprint density at radius 1 is 1.10 bits per heavy atom. The molecule has 2 aromatic rings. The second-order valence-electron chi connectivity index (χ2n) is 6.14. The van der Waals surface area contributed by atoms with Gasteiger partial charge in [-0.25, -0.2) is 4.68 Å². The van der Waals surface area contributed by atoms with E-state index in [0.717, 1.165) is 11.7 Å². The van der Waals surface area contributed by atoms with Crippen LogP contribution in [-0.2, 0) is 0 Å². The third-order valence-corrected chi connectivity index (χ3v) is 4.82. The van der Waals surface area contributed by atoms with Gasteiger partial charge in [-0.2, -0.15) is 5.10 Å². The number of hydrogen-bond acceptors (Lipinski definition) is 3. The van der Waals surface area contributed by atoms with Gasteiger partial charge in [0.2, 0.25) is 0 Å². The standard InChI is InChI=1S/C17H22N4/c1-2-10-20-12-8-16(17(20)7-1)19-14-5-3-6-15(13-14)21-11-4-9-18-21/h3-6,9,11,13,16-17,19H,1-2,7-8,10,12H2. The maximum atomic E-state index is 4.31. The molecule has 0 aliphatic carbocycles. The molecule has 2 unspecified atom stereocenters. The summed E-state index contributed by atoms with van der Waals surface area (Å²) in [4.78, 5) is 2.67. The molecule has 3 heterocycles. The van der Waals surface area contributed by atoms with E-state index >= 15 is 0 Å². The Balaban J connectivity index is 1.51. The molecule has 2 atom stereocenters. The first kappa shape index (κ1) is 12.9. The predicted molar refractivity (Wildman–Crippen MR) is 84.8 cm³/mol. The molecule has 1 aromatic heterocycles. The van der Waals surface area contributed by atoms with E-state index < -0.39 is 0 Å². The lowest BCUT2D eigenvalue weighted by atomic mass is 9.99. The van der Waals surface area contributed by atoms with E-state index in [2.05, 4.69) is 39.6 Å². The van der Waals surface area contributed by atoms with Crippen molar-refractivity contribution < 1.29 is 0 Å². The number of piperidine rings is 1. The number of fused-ring (bicyclic) bond motifs is 1. The van der Waals surface area contributed by atoms with Crippen LogP contribution in [0.5, 0.6) is 0 Å². The summed E-state index contributed by atoms with van der Waals surface area (Å²) >= 11 is 0. The molecule has 4 nitrogen and oxygen atoms in total. The minimum atomic E-state index is 0.596. The first-order chi connectivity index (χ1) is 10.4. The number of hydrogen-bond donors (Lipinski definition) is 1. The van der Waals surface area contributed by atoms with E-state index in [1.165, 1.54) is 44.5 Å². The Bertz CT molecular complexity index is 593. The van der Waals surface area contributed by atoms with Crippen LogP contribution in [0.3, 0.4) is 0 Å². The van der Waals surface area contributed by atoms with Crippen molar-refractivity contribution in [3.63, 3.8) is 0 Å². The molecule has 2 fully saturated rings. The quantitative estimate of drug-likeness (QED) is 0.939. The number of aromatic nitrogens is 2. The summed E-state index contributed by atoms with van der Waals surface area (Å²) in [6.45, 7) is 2.54. The van der Waals surface area contributed by atoms with Crippen molar-refractivity contribution in [2.24, 2.45) is 0 Å². The maximum absolute atomic E-state index is 4.31. The number of rotatable bonds is 3. The minimum absolute atomic E-state index is 0.596. The molecule has 2 aliphatic rings. The summed E-state index contributed by atoms with van der Waals surface area (Å²) < 4.78 is 1.91. The van der Waals surface area contributed by atoms with Gasteiger partial charge < -0.3 is 5.32 Å². The summed E-state index contributed by atoms with van der Waals surface area (Å²) in [5.41, 5.74) is 2.32. The molecule has 21 heavy (non-hydrogen) atoms. The highest BCUT2D eigenvalue weighted by atomic mass is 15.3. The van der Waals surface area contributed by atoms with Gasteiger partial charge in [0, 0.05) is 36.7 Å². The van der Waals surface area contributed by atoms with Crippen LogP contribution >= 0.6 is 0 Å². The van der Waals surface area contributed by atoms with Crippen LogP contribution in [0.1, 0.15) is 25.7 Å². The van der Waals surface area contributed by atoms with Gasteiger partial charge in [0.1, 0.15) is 0 Å². The normalized spacial score (nSPS) is 25.7. The second-order valence-corrected chi connectivity index (χ2v) is 6.14. The van der Waals surface area contributed by atoms with Crippen LogP contribution in [0.25, 0.3) is 5.69 Å². The maximum Gasteiger partial charge on any atom is 0.0666 e. The molecular formula is C17H22N4. The number of nitrogens with zero attached hydrogens (tertiary/aromatic N) is 3. The van der Waals surface area contributed by atoms with E-state index in [4.69, 9.17) is 0 Å². The lowest BCUT2D eigenvalue weighted by molar-refractivity contribution is 0.193. The fourth-order valence-corrected chi connectivity index (χ4v) is 3.79. The van der Waals surface area contributed by atoms with Crippen molar-refractivity contribution in [2.45, 2.75) is 37.8 Å². The monoisotopic (exact) mass is 282 g/mol. The molecule has 110 valence electrons.